The first-order valence-electron chi connectivity index (χ1n) is 5.62. The second-order valence-corrected chi connectivity index (χ2v) is 6.20. The van der Waals surface area contributed by atoms with Crippen molar-refractivity contribution >= 4 is 38.1 Å². The van der Waals surface area contributed by atoms with Crippen LogP contribution in [0.4, 0.5) is 0 Å². The molecule has 0 saturated carbocycles. The zero-order valence-corrected chi connectivity index (χ0v) is 11.7. The fourth-order valence-corrected chi connectivity index (χ4v) is 3.04. The van der Waals surface area contributed by atoms with Crippen molar-refractivity contribution < 1.29 is 8.42 Å². The van der Waals surface area contributed by atoms with Crippen molar-refractivity contribution in [2.24, 2.45) is 5.73 Å². The summed E-state index contributed by atoms with van der Waals surface area (Å²) in [6, 6.07) is 8.41. The van der Waals surface area contributed by atoms with Crippen LogP contribution in [-0.2, 0) is 10.0 Å². The molecule has 0 radical (unpaired) electrons. The van der Waals surface area contributed by atoms with E-state index in [1.54, 1.807) is 36.5 Å². The average molecular weight is 295 g/mol. The molecule has 0 atom stereocenters. The van der Waals surface area contributed by atoms with Crippen LogP contribution in [0.2, 0.25) is 0 Å². The number of hydrogen-bond acceptors (Lipinski definition) is 4. The van der Waals surface area contributed by atoms with Gasteiger partial charge in [-0.15, -0.1) is 0 Å². The Balaban J connectivity index is 2.35. The monoisotopic (exact) mass is 295 g/mol. The van der Waals surface area contributed by atoms with Crippen LogP contribution in [0.3, 0.4) is 0 Å². The van der Waals surface area contributed by atoms with Gasteiger partial charge in [0.2, 0.25) is 10.0 Å². The summed E-state index contributed by atoms with van der Waals surface area (Å²) in [5.41, 5.74) is 5.98. The van der Waals surface area contributed by atoms with Crippen LogP contribution in [0.1, 0.15) is 6.42 Å². The first-order valence-corrected chi connectivity index (χ1v) is 7.51. The fourth-order valence-electron chi connectivity index (χ4n) is 1.70. The number of nitrogens with two attached hydrogens (primary N) is 1. The van der Waals surface area contributed by atoms with Gasteiger partial charge in [0.25, 0.3) is 0 Å². The van der Waals surface area contributed by atoms with Gasteiger partial charge in [0.1, 0.15) is 0 Å². The lowest BCUT2D eigenvalue weighted by molar-refractivity contribution is 0.583. The third kappa shape index (κ3) is 3.25. The van der Waals surface area contributed by atoms with Crippen LogP contribution in [0, 0.1) is 0 Å². The molecule has 2 rings (SSSR count). The van der Waals surface area contributed by atoms with Gasteiger partial charge in [-0.25, -0.2) is 13.1 Å². The SMILES string of the molecule is NC(=S)CCNS(=O)(=O)c1cccc2ncccc12. The molecule has 0 saturated heterocycles. The lowest BCUT2D eigenvalue weighted by Crippen LogP contribution is -2.27. The molecule has 0 unspecified atom stereocenters. The second-order valence-electron chi connectivity index (χ2n) is 3.94. The zero-order valence-electron chi connectivity index (χ0n) is 10.0. The number of nitrogens with zero attached hydrogens (tertiary/aromatic N) is 1. The lowest BCUT2D eigenvalue weighted by Gasteiger charge is -2.08. The van der Waals surface area contributed by atoms with Gasteiger partial charge in [0, 0.05) is 24.5 Å². The molecule has 2 aromatic rings. The Bertz CT molecular complexity index is 708. The van der Waals surface area contributed by atoms with E-state index in [1.165, 1.54) is 0 Å². The van der Waals surface area contributed by atoms with Crippen molar-refractivity contribution in [2.45, 2.75) is 11.3 Å². The molecule has 100 valence electrons. The highest BCUT2D eigenvalue weighted by molar-refractivity contribution is 7.89. The minimum absolute atomic E-state index is 0.189. The minimum Gasteiger partial charge on any atom is -0.393 e. The normalized spacial score (nSPS) is 11.6. The van der Waals surface area contributed by atoms with Gasteiger partial charge in [-0.3, -0.25) is 4.98 Å². The Hall–Kier alpha value is -1.57. The molecule has 0 spiro atoms. The molecule has 7 heteroatoms. The van der Waals surface area contributed by atoms with Crippen LogP contribution in [-0.4, -0.2) is 24.9 Å². The highest BCUT2D eigenvalue weighted by atomic mass is 32.2. The van der Waals surface area contributed by atoms with E-state index >= 15 is 0 Å². The summed E-state index contributed by atoms with van der Waals surface area (Å²) in [7, 11) is -3.59. The second kappa shape index (κ2) is 5.60. The summed E-state index contributed by atoms with van der Waals surface area (Å²) in [5, 5.41) is 0.591. The van der Waals surface area contributed by atoms with E-state index in [4.69, 9.17) is 18.0 Å². The minimum atomic E-state index is -3.59. The Morgan fingerprint density at radius 3 is 2.84 bits per heavy atom. The number of nitrogens with one attached hydrogen (secondary N) is 1. The summed E-state index contributed by atoms with van der Waals surface area (Å²) >= 11 is 4.71. The van der Waals surface area contributed by atoms with E-state index in [0.29, 0.717) is 17.3 Å². The molecule has 1 aromatic carbocycles. The maximum Gasteiger partial charge on any atom is 0.241 e. The summed E-state index contributed by atoms with van der Waals surface area (Å²) in [4.78, 5) is 4.62. The van der Waals surface area contributed by atoms with Crippen molar-refractivity contribution in [3.63, 3.8) is 0 Å². The van der Waals surface area contributed by atoms with E-state index in [1.807, 2.05) is 0 Å². The van der Waals surface area contributed by atoms with Crippen LogP contribution >= 0.6 is 12.2 Å². The summed E-state index contributed by atoms with van der Waals surface area (Å²) in [6.07, 6.45) is 1.95. The number of pyridine rings is 1. The number of fused-ring (bicyclic) bond motifs is 1. The van der Waals surface area contributed by atoms with Crippen LogP contribution < -0.4 is 10.5 Å². The first-order chi connectivity index (χ1) is 9.00. The number of aromatic nitrogens is 1. The lowest BCUT2D eigenvalue weighted by atomic mass is 10.2. The van der Waals surface area contributed by atoms with Crippen molar-refractivity contribution in [3.8, 4) is 0 Å². The van der Waals surface area contributed by atoms with E-state index in [9.17, 15) is 8.42 Å². The van der Waals surface area contributed by atoms with Crippen molar-refractivity contribution in [1.29, 1.82) is 0 Å². The average Bonchev–Trinajstić information content (AvgIpc) is 2.37. The number of benzene rings is 1. The molecule has 0 aliphatic carbocycles. The number of rotatable bonds is 5. The van der Waals surface area contributed by atoms with Gasteiger partial charge in [-0.2, -0.15) is 0 Å². The highest BCUT2D eigenvalue weighted by Crippen LogP contribution is 2.20. The van der Waals surface area contributed by atoms with E-state index in [0.717, 1.165) is 0 Å². The molecule has 5 nitrogen and oxygen atoms in total. The largest absolute Gasteiger partial charge is 0.393 e. The fraction of sp³-hybridized carbons (Fsp3) is 0.167. The molecule has 1 aromatic heterocycles. The molecule has 0 amide bonds. The van der Waals surface area contributed by atoms with Crippen LogP contribution in [0.25, 0.3) is 10.9 Å². The van der Waals surface area contributed by atoms with Gasteiger partial charge in [-0.1, -0.05) is 18.3 Å². The highest BCUT2D eigenvalue weighted by Gasteiger charge is 2.16. The Kier molecular flexibility index (Phi) is 4.08. The molecule has 0 bridgehead atoms. The zero-order chi connectivity index (χ0) is 13.9. The summed E-state index contributed by atoms with van der Waals surface area (Å²) < 4.78 is 26.9. The number of hydrogen-bond donors (Lipinski definition) is 2. The third-order valence-electron chi connectivity index (χ3n) is 2.56. The Morgan fingerprint density at radius 2 is 2.11 bits per heavy atom. The Labute approximate surface area is 116 Å². The van der Waals surface area contributed by atoms with Crippen molar-refractivity contribution in [3.05, 3.63) is 36.5 Å². The van der Waals surface area contributed by atoms with Gasteiger partial charge < -0.3 is 5.73 Å². The Morgan fingerprint density at radius 1 is 1.32 bits per heavy atom. The molecule has 1 heterocycles. The van der Waals surface area contributed by atoms with Gasteiger partial charge in [-0.05, 0) is 24.3 Å². The smallest absolute Gasteiger partial charge is 0.241 e. The van der Waals surface area contributed by atoms with Crippen molar-refractivity contribution in [1.82, 2.24) is 9.71 Å². The van der Waals surface area contributed by atoms with Gasteiger partial charge in [0.05, 0.1) is 15.4 Å². The number of thiocarbonyl (C=S) groups is 1. The molecule has 0 aliphatic heterocycles. The van der Waals surface area contributed by atoms with Gasteiger partial charge >= 0.3 is 0 Å². The summed E-state index contributed by atoms with van der Waals surface area (Å²) in [6.45, 7) is 0.189. The molecular weight excluding hydrogens is 282 g/mol. The molecule has 3 N–H and O–H groups in total. The van der Waals surface area contributed by atoms with E-state index in [-0.39, 0.29) is 16.4 Å². The van der Waals surface area contributed by atoms with E-state index in [2.05, 4.69) is 9.71 Å². The maximum atomic E-state index is 12.2. The quantitative estimate of drug-likeness (QED) is 0.809. The first kappa shape index (κ1) is 13.9. The van der Waals surface area contributed by atoms with Crippen molar-refractivity contribution in [2.75, 3.05) is 6.54 Å². The van der Waals surface area contributed by atoms with E-state index < -0.39 is 10.0 Å². The van der Waals surface area contributed by atoms with Crippen LogP contribution in [0.5, 0.6) is 0 Å². The molecule has 0 fully saturated rings. The maximum absolute atomic E-state index is 12.2. The predicted octanol–water partition coefficient (Wildman–Crippen LogP) is 1.19. The predicted molar refractivity (Wildman–Crippen MR) is 78.3 cm³/mol. The molecule has 0 aliphatic rings. The standard InChI is InChI=1S/C12H13N3O2S2/c13-12(18)6-8-15-19(16,17)11-5-1-4-10-9(11)3-2-7-14-10/h1-5,7,15H,6,8H2,(H2,13,18). The third-order valence-corrected chi connectivity index (χ3v) is 4.28. The molecule has 19 heavy (non-hydrogen) atoms. The summed E-state index contributed by atoms with van der Waals surface area (Å²) in [5.74, 6) is 0. The number of sulfonamides is 1. The topological polar surface area (TPSA) is 85.1 Å². The molecular formula is C12H13N3O2S2. The van der Waals surface area contributed by atoms with Crippen LogP contribution in [0.15, 0.2) is 41.4 Å². The van der Waals surface area contributed by atoms with Gasteiger partial charge in [0.15, 0.2) is 0 Å².